The molecule has 2 heterocycles. The van der Waals surface area contributed by atoms with Crippen molar-refractivity contribution in [3.05, 3.63) is 17.0 Å². The van der Waals surface area contributed by atoms with E-state index in [4.69, 9.17) is 9.84 Å². The van der Waals surface area contributed by atoms with Crippen LogP contribution in [0.15, 0.2) is 0 Å². The number of nitrogens with one attached hydrogen (secondary N) is 1. The Morgan fingerprint density at radius 3 is 2.55 bits per heavy atom. The molecule has 20 heavy (non-hydrogen) atoms. The SMILES string of the molecule is CCc1nn(CC2CCOCC2)c(CC)c1C(C)NC. The van der Waals surface area contributed by atoms with Gasteiger partial charge in [-0.15, -0.1) is 0 Å². The van der Waals surface area contributed by atoms with Crippen molar-refractivity contribution in [2.24, 2.45) is 5.92 Å². The summed E-state index contributed by atoms with van der Waals surface area (Å²) in [6.07, 6.45) is 4.40. The summed E-state index contributed by atoms with van der Waals surface area (Å²) in [4.78, 5) is 0. The normalized spacial score (nSPS) is 18.4. The van der Waals surface area contributed by atoms with E-state index in [0.717, 1.165) is 38.5 Å². The number of aryl methyl sites for hydroxylation is 1. The second-order valence-electron chi connectivity index (χ2n) is 5.76. The van der Waals surface area contributed by atoms with Crippen molar-refractivity contribution >= 4 is 0 Å². The summed E-state index contributed by atoms with van der Waals surface area (Å²) in [6, 6.07) is 0.378. The zero-order valence-electron chi connectivity index (χ0n) is 13.4. The van der Waals surface area contributed by atoms with Gasteiger partial charge in [-0.25, -0.2) is 0 Å². The second-order valence-corrected chi connectivity index (χ2v) is 5.76. The molecule has 1 atom stereocenters. The van der Waals surface area contributed by atoms with E-state index in [1.807, 2.05) is 7.05 Å². The average molecular weight is 279 g/mol. The smallest absolute Gasteiger partial charge is 0.0672 e. The molecule has 1 fully saturated rings. The van der Waals surface area contributed by atoms with Gasteiger partial charge in [0.15, 0.2) is 0 Å². The molecule has 4 heteroatoms. The van der Waals surface area contributed by atoms with Crippen LogP contribution in [-0.4, -0.2) is 30.0 Å². The van der Waals surface area contributed by atoms with Gasteiger partial charge < -0.3 is 10.1 Å². The van der Waals surface area contributed by atoms with Crippen LogP contribution in [-0.2, 0) is 24.1 Å². The average Bonchev–Trinajstić information content (AvgIpc) is 2.85. The Kier molecular flexibility index (Phi) is 5.61. The Labute approximate surface area is 122 Å². The molecule has 2 rings (SSSR count). The molecule has 114 valence electrons. The molecule has 4 nitrogen and oxygen atoms in total. The van der Waals surface area contributed by atoms with Crippen LogP contribution in [0.4, 0.5) is 0 Å². The highest BCUT2D eigenvalue weighted by molar-refractivity contribution is 5.30. The Morgan fingerprint density at radius 2 is 2.00 bits per heavy atom. The molecular weight excluding hydrogens is 250 g/mol. The molecule has 1 saturated heterocycles. The lowest BCUT2D eigenvalue weighted by molar-refractivity contribution is 0.0598. The highest BCUT2D eigenvalue weighted by atomic mass is 16.5. The predicted molar refractivity (Wildman–Crippen MR) is 82.0 cm³/mol. The Hall–Kier alpha value is -0.870. The molecule has 0 radical (unpaired) electrons. The van der Waals surface area contributed by atoms with Crippen LogP contribution >= 0.6 is 0 Å². The number of aromatic nitrogens is 2. The van der Waals surface area contributed by atoms with Crippen molar-refractivity contribution in [2.75, 3.05) is 20.3 Å². The zero-order chi connectivity index (χ0) is 14.5. The maximum atomic E-state index is 5.46. The van der Waals surface area contributed by atoms with Gasteiger partial charge in [0.2, 0.25) is 0 Å². The van der Waals surface area contributed by atoms with E-state index in [0.29, 0.717) is 6.04 Å². The molecule has 1 N–H and O–H groups in total. The van der Waals surface area contributed by atoms with Gasteiger partial charge in [0, 0.05) is 37.1 Å². The fraction of sp³-hybridized carbons (Fsp3) is 0.812. The first-order valence-corrected chi connectivity index (χ1v) is 8.04. The van der Waals surface area contributed by atoms with Crippen LogP contribution in [0.1, 0.15) is 56.6 Å². The van der Waals surface area contributed by atoms with E-state index < -0.39 is 0 Å². The molecule has 0 amide bonds. The quantitative estimate of drug-likeness (QED) is 0.870. The third-order valence-corrected chi connectivity index (χ3v) is 4.48. The molecule has 1 aromatic heterocycles. The standard InChI is InChI=1S/C16H29N3O/c1-5-14-16(12(3)17-4)15(6-2)19(18-14)11-13-7-9-20-10-8-13/h12-13,17H,5-11H2,1-4H3. The molecular formula is C16H29N3O. The van der Waals surface area contributed by atoms with E-state index in [-0.39, 0.29) is 0 Å². The van der Waals surface area contributed by atoms with Crippen LogP contribution in [0.5, 0.6) is 0 Å². The maximum Gasteiger partial charge on any atom is 0.0672 e. The molecule has 1 aliphatic heterocycles. The van der Waals surface area contributed by atoms with Crippen molar-refractivity contribution in [1.29, 1.82) is 0 Å². The van der Waals surface area contributed by atoms with E-state index in [9.17, 15) is 0 Å². The van der Waals surface area contributed by atoms with Gasteiger partial charge in [-0.1, -0.05) is 13.8 Å². The minimum atomic E-state index is 0.378. The lowest BCUT2D eigenvalue weighted by Crippen LogP contribution is -2.22. The van der Waals surface area contributed by atoms with Crippen LogP contribution in [0.3, 0.4) is 0 Å². The lowest BCUT2D eigenvalue weighted by atomic mass is 9.99. The van der Waals surface area contributed by atoms with Crippen molar-refractivity contribution < 1.29 is 4.74 Å². The topological polar surface area (TPSA) is 39.1 Å². The number of ether oxygens (including phenoxy) is 1. The minimum absolute atomic E-state index is 0.378. The summed E-state index contributed by atoms with van der Waals surface area (Å²) in [5, 5.41) is 8.27. The zero-order valence-corrected chi connectivity index (χ0v) is 13.4. The maximum absolute atomic E-state index is 5.46. The molecule has 1 unspecified atom stereocenters. The van der Waals surface area contributed by atoms with Gasteiger partial charge in [0.05, 0.1) is 5.69 Å². The number of nitrogens with zero attached hydrogens (tertiary/aromatic N) is 2. The van der Waals surface area contributed by atoms with E-state index in [1.54, 1.807) is 0 Å². The Bertz CT molecular complexity index is 422. The third kappa shape index (κ3) is 3.23. The van der Waals surface area contributed by atoms with Crippen molar-refractivity contribution in [1.82, 2.24) is 15.1 Å². The fourth-order valence-corrected chi connectivity index (χ4v) is 3.17. The monoisotopic (exact) mass is 279 g/mol. The van der Waals surface area contributed by atoms with Crippen molar-refractivity contribution in [3.8, 4) is 0 Å². The third-order valence-electron chi connectivity index (χ3n) is 4.48. The summed E-state index contributed by atoms with van der Waals surface area (Å²) in [6.45, 7) is 9.54. The fourth-order valence-electron chi connectivity index (χ4n) is 3.17. The molecule has 0 spiro atoms. The highest BCUT2D eigenvalue weighted by Crippen LogP contribution is 2.25. The Morgan fingerprint density at radius 1 is 1.30 bits per heavy atom. The van der Waals surface area contributed by atoms with Gasteiger partial charge in [-0.05, 0) is 45.6 Å². The molecule has 1 aromatic rings. The summed E-state index contributed by atoms with van der Waals surface area (Å²) < 4.78 is 7.74. The van der Waals surface area contributed by atoms with Crippen LogP contribution < -0.4 is 5.32 Å². The minimum Gasteiger partial charge on any atom is -0.381 e. The number of hydrogen-bond donors (Lipinski definition) is 1. The molecule has 1 aliphatic rings. The van der Waals surface area contributed by atoms with Gasteiger partial charge in [-0.3, -0.25) is 4.68 Å². The molecule has 0 aliphatic carbocycles. The second kappa shape index (κ2) is 7.23. The first-order valence-electron chi connectivity index (χ1n) is 8.04. The van der Waals surface area contributed by atoms with E-state index in [1.165, 1.54) is 29.8 Å². The molecule has 0 saturated carbocycles. The van der Waals surface area contributed by atoms with Crippen molar-refractivity contribution in [2.45, 2.75) is 59.0 Å². The van der Waals surface area contributed by atoms with Crippen molar-refractivity contribution in [3.63, 3.8) is 0 Å². The van der Waals surface area contributed by atoms with Crippen LogP contribution in [0, 0.1) is 5.92 Å². The highest BCUT2D eigenvalue weighted by Gasteiger charge is 2.22. The first-order chi connectivity index (χ1) is 9.71. The summed E-state index contributed by atoms with van der Waals surface area (Å²) in [5.74, 6) is 0.719. The number of hydrogen-bond acceptors (Lipinski definition) is 3. The van der Waals surface area contributed by atoms with Crippen LogP contribution in [0.2, 0.25) is 0 Å². The van der Waals surface area contributed by atoms with Crippen LogP contribution in [0.25, 0.3) is 0 Å². The first kappa shape index (κ1) is 15.5. The molecule has 0 bridgehead atoms. The van der Waals surface area contributed by atoms with E-state index >= 15 is 0 Å². The summed E-state index contributed by atoms with van der Waals surface area (Å²) in [5.41, 5.74) is 4.09. The van der Waals surface area contributed by atoms with Gasteiger partial charge in [0.25, 0.3) is 0 Å². The van der Waals surface area contributed by atoms with Gasteiger partial charge in [0.1, 0.15) is 0 Å². The van der Waals surface area contributed by atoms with Gasteiger partial charge >= 0.3 is 0 Å². The Balaban J connectivity index is 2.25. The van der Waals surface area contributed by atoms with E-state index in [2.05, 4.69) is 30.8 Å². The lowest BCUT2D eigenvalue weighted by Gasteiger charge is -2.23. The van der Waals surface area contributed by atoms with Gasteiger partial charge in [-0.2, -0.15) is 5.10 Å². The summed E-state index contributed by atoms with van der Waals surface area (Å²) >= 11 is 0. The number of rotatable bonds is 6. The largest absolute Gasteiger partial charge is 0.381 e. The summed E-state index contributed by atoms with van der Waals surface area (Å²) in [7, 11) is 2.03. The molecule has 0 aromatic carbocycles. The predicted octanol–water partition coefficient (Wildman–Crippen LogP) is 2.71.